The number of hydrogen-bond donors (Lipinski definition) is 0. The normalized spacial score (nSPS) is 22.2. The van der Waals surface area contributed by atoms with Gasteiger partial charge in [0.05, 0.1) is 12.6 Å². The molecule has 5 rings (SSSR count). The van der Waals surface area contributed by atoms with Gasteiger partial charge in [0, 0.05) is 44.3 Å². The first kappa shape index (κ1) is 25.9. The number of imide groups is 1. The fraction of sp³-hybridized carbons (Fsp3) is 0.414. The maximum absolute atomic E-state index is 14.3. The lowest BCUT2D eigenvalue weighted by Gasteiger charge is -2.45. The highest BCUT2D eigenvalue weighted by molar-refractivity contribution is 6.16. The van der Waals surface area contributed by atoms with Gasteiger partial charge in [0.2, 0.25) is 0 Å². The van der Waals surface area contributed by atoms with Gasteiger partial charge in [-0.15, -0.1) is 0 Å². The Morgan fingerprint density at radius 1 is 1.13 bits per heavy atom. The number of halogens is 1. The van der Waals surface area contributed by atoms with E-state index in [2.05, 4.69) is 28.9 Å². The number of anilines is 1. The van der Waals surface area contributed by atoms with Crippen LogP contribution in [-0.4, -0.2) is 55.5 Å². The highest BCUT2D eigenvalue weighted by Gasteiger charge is 2.60. The molecule has 0 N–H and O–H groups in total. The summed E-state index contributed by atoms with van der Waals surface area (Å²) in [6.45, 7) is 7.46. The Morgan fingerprint density at radius 2 is 1.92 bits per heavy atom. The van der Waals surface area contributed by atoms with Crippen molar-refractivity contribution in [3.8, 4) is 5.75 Å². The standard InChI is InChI=1S/C29H34FN5O3/c1-20(2)38-25-10-5-7-22(15-25)18-33-13-11-29(17-21(33)3)27(36)34(19-26-31-12-14-32(26)4)28(37)35(29)24-9-6-8-23(30)16-24/h5-10,12,14-16,20-21H,11,13,17-19H2,1-4H3/t21-,29+/m0/s1. The molecule has 2 aromatic carbocycles. The monoisotopic (exact) mass is 519 g/mol. The molecule has 38 heavy (non-hydrogen) atoms. The summed E-state index contributed by atoms with van der Waals surface area (Å²) >= 11 is 0. The van der Waals surface area contributed by atoms with Crippen LogP contribution in [0.3, 0.4) is 0 Å². The number of imidazole rings is 1. The van der Waals surface area contributed by atoms with E-state index in [9.17, 15) is 14.0 Å². The first-order valence-electron chi connectivity index (χ1n) is 13.1. The Hall–Kier alpha value is -3.72. The Kier molecular flexibility index (Phi) is 6.96. The largest absolute Gasteiger partial charge is 0.491 e. The molecule has 200 valence electrons. The van der Waals surface area contributed by atoms with E-state index < -0.39 is 17.4 Å². The number of nitrogens with zero attached hydrogens (tertiary/aromatic N) is 5. The predicted molar refractivity (Wildman–Crippen MR) is 142 cm³/mol. The molecule has 1 spiro atoms. The van der Waals surface area contributed by atoms with Crippen molar-refractivity contribution in [2.75, 3.05) is 11.4 Å². The SMILES string of the molecule is CC(C)Oc1cccc(CN2CC[C@@]3(C[C@@H]2C)C(=O)N(Cc2nccn2C)C(=O)N3c2cccc(F)c2)c1. The first-order chi connectivity index (χ1) is 18.2. The number of rotatable bonds is 7. The van der Waals surface area contributed by atoms with Crippen LogP contribution in [0.2, 0.25) is 0 Å². The molecule has 0 unspecified atom stereocenters. The van der Waals surface area contributed by atoms with Crippen molar-refractivity contribution in [1.29, 1.82) is 0 Å². The van der Waals surface area contributed by atoms with Gasteiger partial charge in [-0.2, -0.15) is 0 Å². The van der Waals surface area contributed by atoms with E-state index in [1.165, 1.54) is 21.9 Å². The van der Waals surface area contributed by atoms with Crippen molar-refractivity contribution < 1.29 is 18.7 Å². The molecule has 2 atom stereocenters. The molecule has 2 saturated heterocycles. The average molecular weight is 520 g/mol. The van der Waals surface area contributed by atoms with Crippen molar-refractivity contribution in [2.24, 2.45) is 7.05 Å². The number of aromatic nitrogens is 2. The van der Waals surface area contributed by atoms with E-state index in [-0.39, 0.29) is 24.6 Å². The second kappa shape index (κ2) is 10.2. The summed E-state index contributed by atoms with van der Waals surface area (Å²) in [5.41, 5.74) is 0.428. The molecule has 8 nitrogen and oxygen atoms in total. The van der Waals surface area contributed by atoms with Gasteiger partial charge in [-0.1, -0.05) is 18.2 Å². The number of benzene rings is 2. The number of urea groups is 1. The van der Waals surface area contributed by atoms with Gasteiger partial charge in [0.15, 0.2) is 0 Å². The third-order valence-corrected chi connectivity index (χ3v) is 7.51. The number of piperidine rings is 1. The Morgan fingerprint density at radius 3 is 2.61 bits per heavy atom. The Labute approximate surface area is 222 Å². The van der Waals surface area contributed by atoms with Crippen LogP contribution >= 0.6 is 0 Å². The van der Waals surface area contributed by atoms with Crippen molar-refractivity contribution in [3.63, 3.8) is 0 Å². The quantitative estimate of drug-likeness (QED) is 0.422. The average Bonchev–Trinajstić information content (AvgIpc) is 3.35. The van der Waals surface area contributed by atoms with Gasteiger partial charge in [0.1, 0.15) is 22.9 Å². The third-order valence-electron chi connectivity index (χ3n) is 7.51. The second-order valence-corrected chi connectivity index (χ2v) is 10.6. The topological polar surface area (TPSA) is 70.9 Å². The van der Waals surface area contributed by atoms with Gasteiger partial charge in [-0.05, 0) is 69.5 Å². The van der Waals surface area contributed by atoms with E-state index in [4.69, 9.17) is 4.74 Å². The molecule has 2 fully saturated rings. The summed E-state index contributed by atoms with van der Waals surface area (Å²) in [4.78, 5) is 37.3. The lowest BCUT2D eigenvalue weighted by atomic mass is 9.81. The molecule has 0 aliphatic carbocycles. The molecule has 0 bridgehead atoms. The zero-order valence-corrected chi connectivity index (χ0v) is 22.3. The lowest BCUT2D eigenvalue weighted by molar-refractivity contribution is -0.133. The van der Waals surface area contributed by atoms with Gasteiger partial charge in [-0.25, -0.2) is 14.2 Å². The van der Waals surface area contributed by atoms with Crippen molar-refractivity contribution >= 4 is 17.6 Å². The molecular formula is C29H34FN5O3. The van der Waals surface area contributed by atoms with Gasteiger partial charge < -0.3 is 9.30 Å². The maximum Gasteiger partial charge on any atom is 0.332 e. The summed E-state index contributed by atoms with van der Waals surface area (Å²) < 4.78 is 21.9. The van der Waals surface area contributed by atoms with Crippen LogP contribution in [0.15, 0.2) is 60.9 Å². The Bertz CT molecular complexity index is 1340. The smallest absolute Gasteiger partial charge is 0.332 e. The number of hydrogen-bond acceptors (Lipinski definition) is 5. The number of carbonyl (C=O) groups is 2. The summed E-state index contributed by atoms with van der Waals surface area (Å²) in [7, 11) is 1.83. The summed E-state index contributed by atoms with van der Waals surface area (Å²) in [6.07, 6.45) is 4.39. The van der Waals surface area contributed by atoms with Gasteiger partial charge >= 0.3 is 6.03 Å². The molecule has 1 aromatic heterocycles. The highest BCUT2D eigenvalue weighted by atomic mass is 19.1. The number of ether oxygens (including phenoxy) is 1. The zero-order chi connectivity index (χ0) is 27.0. The van der Waals surface area contributed by atoms with E-state index in [1.807, 2.05) is 33.0 Å². The van der Waals surface area contributed by atoms with Crippen molar-refractivity contribution in [2.45, 2.75) is 64.4 Å². The molecule has 3 heterocycles. The van der Waals surface area contributed by atoms with Crippen LogP contribution in [0, 0.1) is 5.82 Å². The molecule has 2 aliphatic rings. The van der Waals surface area contributed by atoms with E-state index >= 15 is 0 Å². The van der Waals surface area contributed by atoms with Crippen LogP contribution in [0.4, 0.5) is 14.9 Å². The number of aryl methyl sites for hydroxylation is 1. The minimum Gasteiger partial charge on any atom is -0.491 e. The molecular weight excluding hydrogens is 485 g/mol. The molecule has 3 amide bonds. The molecule has 3 aromatic rings. The van der Waals surface area contributed by atoms with Crippen molar-refractivity contribution in [1.82, 2.24) is 19.4 Å². The fourth-order valence-corrected chi connectivity index (χ4v) is 5.66. The number of amides is 3. The summed E-state index contributed by atoms with van der Waals surface area (Å²) in [6, 6.07) is 13.6. The third kappa shape index (κ3) is 4.78. The van der Waals surface area contributed by atoms with Crippen LogP contribution in [0.25, 0.3) is 0 Å². The highest BCUT2D eigenvalue weighted by Crippen LogP contribution is 2.43. The van der Waals surface area contributed by atoms with Gasteiger partial charge in [0.25, 0.3) is 5.91 Å². The first-order valence-corrected chi connectivity index (χ1v) is 13.1. The van der Waals surface area contributed by atoms with Gasteiger partial charge in [-0.3, -0.25) is 19.5 Å². The van der Waals surface area contributed by atoms with E-state index in [0.29, 0.717) is 37.4 Å². The summed E-state index contributed by atoms with van der Waals surface area (Å²) in [5, 5.41) is 0. The van der Waals surface area contributed by atoms with Crippen LogP contribution in [0.5, 0.6) is 5.75 Å². The van der Waals surface area contributed by atoms with Crippen LogP contribution in [-0.2, 0) is 24.9 Å². The second-order valence-electron chi connectivity index (χ2n) is 10.6. The molecule has 9 heteroatoms. The van der Waals surface area contributed by atoms with E-state index in [1.54, 1.807) is 29.1 Å². The number of carbonyl (C=O) groups excluding carboxylic acids is 2. The molecule has 0 saturated carbocycles. The fourth-order valence-electron chi connectivity index (χ4n) is 5.66. The molecule has 0 radical (unpaired) electrons. The summed E-state index contributed by atoms with van der Waals surface area (Å²) in [5.74, 6) is 0.734. The molecule has 2 aliphatic heterocycles. The minimum absolute atomic E-state index is 0.000608. The maximum atomic E-state index is 14.3. The van der Waals surface area contributed by atoms with Crippen LogP contribution < -0.4 is 9.64 Å². The lowest BCUT2D eigenvalue weighted by Crippen LogP contribution is -2.59. The Balaban J connectivity index is 1.43. The van der Waals surface area contributed by atoms with Crippen molar-refractivity contribution in [3.05, 3.63) is 78.1 Å². The van der Waals surface area contributed by atoms with Crippen LogP contribution in [0.1, 0.15) is 45.0 Å². The predicted octanol–water partition coefficient (Wildman–Crippen LogP) is 4.74. The van der Waals surface area contributed by atoms with E-state index in [0.717, 1.165) is 11.3 Å². The minimum atomic E-state index is -1.09. The number of likely N-dealkylation sites (tertiary alicyclic amines) is 1. The zero-order valence-electron chi connectivity index (χ0n) is 22.3.